The fourth-order valence-corrected chi connectivity index (χ4v) is 4.23. The normalized spacial score (nSPS) is 15.4. The molecule has 1 unspecified atom stereocenters. The third-order valence-corrected chi connectivity index (χ3v) is 5.72. The minimum Gasteiger partial charge on any atom is -0.508 e. The lowest BCUT2D eigenvalue weighted by Crippen LogP contribution is -2.22. The smallest absolute Gasteiger partial charge is 0.312 e. The molecule has 1 N–H and O–H groups in total. The zero-order valence-corrected chi connectivity index (χ0v) is 18.2. The van der Waals surface area contributed by atoms with Crippen LogP contribution in [0.4, 0.5) is 0 Å². The molecule has 0 aliphatic carbocycles. The minimum absolute atomic E-state index is 0.0576. The van der Waals surface area contributed by atoms with Crippen molar-refractivity contribution in [3.05, 3.63) is 88.3 Å². The molecular formula is C27H22O6. The Hall–Kier alpha value is -4.06. The van der Waals surface area contributed by atoms with Crippen molar-refractivity contribution in [2.24, 2.45) is 0 Å². The Bertz CT molecular complexity index is 1400. The summed E-state index contributed by atoms with van der Waals surface area (Å²) in [4.78, 5) is 25.6. The second kappa shape index (κ2) is 8.13. The number of carbonyl (C=O) groups excluding carboxylic acids is 1. The van der Waals surface area contributed by atoms with Crippen molar-refractivity contribution >= 4 is 16.9 Å². The van der Waals surface area contributed by atoms with Gasteiger partial charge in [-0.3, -0.25) is 9.59 Å². The lowest BCUT2D eigenvalue weighted by Gasteiger charge is -2.25. The summed E-state index contributed by atoms with van der Waals surface area (Å²) in [6, 6.07) is 17.2. The van der Waals surface area contributed by atoms with E-state index >= 15 is 0 Å². The van der Waals surface area contributed by atoms with Gasteiger partial charge >= 0.3 is 5.97 Å². The molecule has 0 radical (unpaired) electrons. The van der Waals surface area contributed by atoms with Gasteiger partial charge in [-0.1, -0.05) is 24.3 Å². The third-order valence-electron chi connectivity index (χ3n) is 5.72. The number of aromatic hydroxyl groups is 1. The number of carbonyl (C=O) groups is 1. The van der Waals surface area contributed by atoms with Crippen molar-refractivity contribution in [3.8, 4) is 28.4 Å². The predicted molar refractivity (Wildman–Crippen MR) is 124 cm³/mol. The maximum Gasteiger partial charge on any atom is 0.312 e. The summed E-state index contributed by atoms with van der Waals surface area (Å²) in [5.74, 6) is 0.604. The molecule has 1 aliphatic rings. The van der Waals surface area contributed by atoms with Crippen molar-refractivity contribution in [1.82, 2.24) is 0 Å². The van der Waals surface area contributed by atoms with Crippen LogP contribution in [0.15, 0.2) is 76.1 Å². The largest absolute Gasteiger partial charge is 0.508 e. The molecule has 4 aromatic rings. The van der Waals surface area contributed by atoms with Gasteiger partial charge in [0, 0.05) is 11.5 Å². The Labute approximate surface area is 190 Å². The molecule has 1 atom stereocenters. The minimum atomic E-state index is -0.336. The van der Waals surface area contributed by atoms with E-state index in [0.29, 0.717) is 33.4 Å². The molecule has 166 valence electrons. The number of benzene rings is 3. The molecule has 3 aromatic carbocycles. The van der Waals surface area contributed by atoms with Crippen molar-refractivity contribution in [3.63, 3.8) is 0 Å². The molecule has 0 fully saturated rings. The Morgan fingerprint density at radius 1 is 0.970 bits per heavy atom. The molecular weight excluding hydrogens is 420 g/mol. The van der Waals surface area contributed by atoms with E-state index in [9.17, 15) is 14.7 Å². The molecule has 0 saturated heterocycles. The van der Waals surface area contributed by atoms with Gasteiger partial charge in [0.15, 0.2) is 0 Å². The Morgan fingerprint density at radius 2 is 1.70 bits per heavy atom. The molecule has 1 aromatic heterocycles. The second-order valence-corrected chi connectivity index (χ2v) is 8.35. The van der Waals surface area contributed by atoms with E-state index in [1.165, 1.54) is 18.4 Å². The number of fused-ring (bicyclic) bond motifs is 3. The van der Waals surface area contributed by atoms with Gasteiger partial charge in [-0.15, -0.1) is 0 Å². The van der Waals surface area contributed by atoms with Gasteiger partial charge < -0.3 is 19.0 Å². The summed E-state index contributed by atoms with van der Waals surface area (Å²) in [5.41, 5.74) is 2.83. The molecule has 0 bridgehead atoms. The summed E-state index contributed by atoms with van der Waals surface area (Å²) >= 11 is 0. The second-order valence-electron chi connectivity index (χ2n) is 8.35. The van der Waals surface area contributed by atoms with Crippen LogP contribution in [0, 0.1) is 0 Å². The average Bonchev–Trinajstić information content (AvgIpc) is 2.79. The molecule has 2 heterocycles. The number of hydrogen-bond donors (Lipinski definition) is 1. The molecule has 0 amide bonds. The van der Waals surface area contributed by atoms with Gasteiger partial charge in [-0.25, -0.2) is 0 Å². The SMILES string of the molecule is CC(C)Oc1ccc(C2CC(=O)Oc3ccc4c(=O)c(-c5ccc(O)cc5)coc4c32)cc1. The maximum absolute atomic E-state index is 13.3. The van der Waals surface area contributed by atoms with Crippen molar-refractivity contribution < 1.29 is 23.8 Å². The van der Waals surface area contributed by atoms with E-state index in [4.69, 9.17) is 13.9 Å². The Balaban J connectivity index is 1.64. The van der Waals surface area contributed by atoms with E-state index in [1.54, 1.807) is 24.3 Å². The van der Waals surface area contributed by atoms with E-state index < -0.39 is 0 Å². The van der Waals surface area contributed by atoms with Crippen LogP contribution < -0.4 is 14.9 Å². The first-order valence-corrected chi connectivity index (χ1v) is 10.8. The van der Waals surface area contributed by atoms with Crippen LogP contribution in [0.5, 0.6) is 17.2 Å². The van der Waals surface area contributed by atoms with Gasteiger partial charge in [0.05, 0.1) is 23.5 Å². The van der Waals surface area contributed by atoms with E-state index in [0.717, 1.165) is 11.3 Å². The fraction of sp³-hybridized carbons (Fsp3) is 0.185. The van der Waals surface area contributed by atoms with Crippen LogP contribution in [-0.4, -0.2) is 17.2 Å². The summed E-state index contributed by atoms with van der Waals surface area (Å²) in [7, 11) is 0. The Morgan fingerprint density at radius 3 is 2.39 bits per heavy atom. The first kappa shape index (κ1) is 20.8. The molecule has 0 spiro atoms. The van der Waals surface area contributed by atoms with E-state index in [2.05, 4.69) is 0 Å². The van der Waals surface area contributed by atoms with Gasteiger partial charge in [0.1, 0.15) is 29.1 Å². The number of esters is 1. The number of ether oxygens (including phenoxy) is 2. The quantitative estimate of drug-likeness (QED) is 0.337. The fourth-order valence-electron chi connectivity index (χ4n) is 4.23. The standard InChI is InChI=1S/C27H22O6/c1-15(2)32-19-9-5-16(6-10-19)21-13-24(29)33-23-12-11-20-26(30)22(14-31-27(20)25(21)23)17-3-7-18(28)8-4-17/h3-12,14-15,21,28H,13H2,1-2H3. The van der Waals surface area contributed by atoms with E-state index in [1.807, 2.05) is 38.1 Å². The van der Waals surface area contributed by atoms with Crippen LogP contribution in [0.1, 0.15) is 37.3 Å². The number of rotatable bonds is 4. The first-order valence-electron chi connectivity index (χ1n) is 10.8. The van der Waals surface area contributed by atoms with Gasteiger partial charge in [0.2, 0.25) is 5.43 Å². The van der Waals surface area contributed by atoms with Gasteiger partial charge in [-0.2, -0.15) is 0 Å². The summed E-state index contributed by atoms with van der Waals surface area (Å²) in [5, 5.41) is 9.95. The van der Waals surface area contributed by atoms with Crippen molar-refractivity contribution in [2.75, 3.05) is 0 Å². The highest BCUT2D eigenvalue weighted by atomic mass is 16.5. The summed E-state index contributed by atoms with van der Waals surface area (Å²) < 4.78 is 17.2. The summed E-state index contributed by atoms with van der Waals surface area (Å²) in [6.45, 7) is 3.92. The van der Waals surface area contributed by atoms with Crippen LogP contribution in [0.25, 0.3) is 22.1 Å². The first-order chi connectivity index (χ1) is 15.9. The van der Waals surface area contributed by atoms with Crippen LogP contribution in [0.2, 0.25) is 0 Å². The molecule has 33 heavy (non-hydrogen) atoms. The highest BCUT2D eigenvalue weighted by molar-refractivity contribution is 5.90. The monoisotopic (exact) mass is 442 g/mol. The molecule has 6 nitrogen and oxygen atoms in total. The van der Waals surface area contributed by atoms with Crippen LogP contribution >= 0.6 is 0 Å². The highest BCUT2D eigenvalue weighted by Crippen LogP contribution is 2.43. The lowest BCUT2D eigenvalue weighted by molar-refractivity contribution is -0.135. The van der Waals surface area contributed by atoms with Crippen molar-refractivity contribution in [2.45, 2.75) is 32.3 Å². The zero-order chi connectivity index (χ0) is 23.1. The lowest BCUT2D eigenvalue weighted by atomic mass is 9.85. The van der Waals surface area contributed by atoms with Gasteiger partial charge in [0.25, 0.3) is 0 Å². The Kier molecular flexibility index (Phi) is 5.13. The number of hydrogen-bond acceptors (Lipinski definition) is 6. The molecule has 5 rings (SSSR count). The molecule has 6 heteroatoms. The predicted octanol–water partition coefficient (Wildman–Crippen LogP) is 5.39. The number of phenolic OH excluding ortho intramolecular Hbond substituents is 1. The highest BCUT2D eigenvalue weighted by Gasteiger charge is 2.32. The molecule has 0 saturated carbocycles. The number of phenols is 1. The van der Waals surface area contributed by atoms with E-state index in [-0.39, 0.29) is 35.6 Å². The molecule has 1 aliphatic heterocycles. The van der Waals surface area contributed by atoms with Crippen LogP contribution in [0.3, 0.4) is 0 Å². The van der Waals surface area contributed by atoms with Gasteiger partial charge in [-0.05, 0) is 61.4 Å². The topological polar surface area (TPSA) is 86.0 Å². The van der Waals surface area contributed by atoms with Crippen LogP contribution in [-0.2, 0) is 4.79 Å². The summed E-state index contributed by atoms with van der Waals surface area (Å²) in [6.07, 6.45) is 1.62. The maximum atomic E-state index is 13.3. The van der Waals surface area contributed by atoms with Crippen molar-refractivity contribution in [1.29, 1.82) is 0 Å². The zero-order valence-electron chi connectivity index (χ0n) is 18.2. The average molecular weight is 442 g/mol. The third kappa shape index (κ3) is 3.84.